The van der Waals surface area contributed by atoms with Gasteiger partial charge in [-0.25, -0.2) is 0 Å². The van der Waals surface area contributed by atoms with Gasteiger partial charge in [-0.3, -0.25) is 19.2 Å². The fraction of sp³-hybridized carbons (Fsp3) is 0.222. The van der Waals surface area contributed by atoms with Gasteiger partial charge in [0.25, 0.3) is 0 Å². The second-order valence-electron chi connectivity index (χ2n) is 16.9. The lowest BCUT2D eigenvalue weighted by atomic mass is 9.82. The quantitative estimate of drug-likeness (QED) is 0.170. The minimum Gasteiger partial charge on any atom is -0.288 e. The van der Waals surface area contributed by atoms with Gasteiger partial charge in [-0.05, 0) is 101 Å². The molecule has 0 saturated carbocycles. The van der Waals surface area contributed by atoms with Crippen molar-refractivity contribution in [2.24, 2.45) is 0 Å². The Balaban J connectivity index is 1.61. The molecule has 0 fully saturated rings. The molecule has 4 nitrogen and oxygen atoms in total. The van der Waals surface area contributed by atoms with Crippen LogP contribution < -0.4 is 10.4 Å². The lowest BCUT2D eigenvalue weighted by molar-refractivity contribution is 0.101. The molecule has 0 N–H and O–H groups in total. The number of hydrogen-bond donors (Lipinski definition) is 0. The van der Waals surface area contributed by atoms with E-state index in [4.69, 9.17) is 0 Å². The Labute approximate surface area is 340 Å². The number of carbonyl (C=O) groups excluding carboxylic acids is 4. The number of Topliss-reactive ketones (excluding diaryl/α,β-unsaturated/α-hetero) is 4. The fourth-order valence-corrected chi connectivity index (χ4v) is 9.03. The van der Waals surface area contributed by atoms with Crippen molar-refractivity contribution in [1.29, 1.82) is 0 Å². The predicted octanol–water partition coefficient (Wildman–Crippen LogP) is 11.3. The molecule has 6 aromatic rings. The lowest BCUT2D eigenvalue weighted by Crippen LogP contribution is -2.16. The molecule has 0 bridgehead atoms. The molecule has 2 aliphatic rings. The molecule has 58 heavy (non-hydrogen) atoms. The largest absolute Gasteiger partial charge is 0.288 e. The van der Waals surface area contributed by atoms with Crippen LogP contribution in [-0.2, 0) is 0 Å². The van der Waals surface area contributed by atoms with Crippen LogP contribution in [-0.4, -0.2) is 23.1 Å². The molecule has 0 aliphatic heterocycles. The molecule has 0 heterocycles. The Morgan fingerprint density at radius 2 is 0.586 bits per heavy atom. The van der Waals surface area contributed by atoms with E-state index in [9.17, 15) is 19.2 Å². The van der Waals surface area contributed by atoms with Crippen LogP contribution >= 0.6 is 0 Å². The molecule has 4 heteroatoms. The van der Waals surface area contributed by atoms with Crippen molar-refractivity contribution in [2.75, 3.05) is 0 Å². The molecule has 2 aliphatic carbocycles. The summed E-state index contributed by atoms with van der Waals surface area (Å²) >= 11 is 0. The summed E-state index contributed by atoms with van der Waals surface area (Å²) in [5.41, 5.74) is 10.8. The van der Waals surface area contributed by atoms with Gasteiger partial charge in [0, 0.05) is 22.3 Å². The monoisotopic (exact) mass is 760 g/mol. The van der Waals surface area contributed by atoms with E-state index in [0.717, 1.165) is 32.7 Å². The highest BCUT2D eigenvalue weighted by molar-refractivity contribution is 6.56. The van der Waals surface area contributed by atoms with Gasteiger partial charge in [0.2, 0.25) is 0 Å². The van der Waals surface area contributed by atoms with Gasteiger partial charge in [-0.1, -0.05) is 165 Å². The summed E-state index contributed by atoms with van der Waals surface area (Å²) in [4.78, 5) is 55.9. The van der Waals surface area contributed by atoms with Crippen LogP contribution in [0.1, 0.15) is 143 Å². The maximum Gasteiger partial charge on any atom is 0.198 e. The third-order valence-electron chi connectivity index (χ3n) is 11.9. The van der Waals surface area contributed by atoms with Crippen LogP contribution in [0.2, 0.25) is 0 Å². The zero-order valence-electron chi connectivity index (χ0n) is 34.5. The van der Waals surface area contributed by atoms with E-state index < -0.39 is 0 Å². The number of fused-ring (bicyclic) bond motifs is 2. The first-order valence-corrected chi connectivity index (χ1v) is 20.5. The van der Waals surface area contributed by atoms with Crippen molar-refractivity contribution in [2.45, 2.75) is 79.1 Å². The van der Waals surface area contributed by atoms with Gasteiger partial charge in [-0.2, -0.15) is 0 Å². The second kappa shape index (κ2) is 14.9. The summed E-state index contributed by atoms with van der Waals surface area (Å²) < 4.78 is 0. The molecular formula is C54H48O4. The van der Waals surface area contributed by atoms with Crippen LogP contribution in [0, 0.1) is 10.4 Å². The zero-order valence-corrected chi connectivity index (χ0v) is 34.5. The number of benzene rings is 6. The molecule has 0 amide bonds. The summed E-state index contributed by atoms with van der Waals surface area (Å²) in [7, 11) is 0. The van der Waals surface area contributed by atoms with E-state index in [2.05, 4.69) is 104 Å². The lowest BCUT2D eigenvalue weighted by Gasteiger charge is -2.22. The molecular weight excluding hydrogens is 713 g/mol. The summed E-state index contributed by atoms with van der Waals surface area (Å²) in [6.07, 6.45) is 0. The third-order valence-corrected chi connectivity index (χ3v) is 11.9. The van der Waals surface area contributed by atoms with Crippen LogP contribution in [0.15, 0.2) is 121 Å². The third kappa shape index (κ3) is 6.23. The van der Waals surface area contributed by atoms with Gasteiger partial charge in [0.1, 0.15) is 0 Å². The molecule has 8 rings (SSSR count). The first-order chi connectivity index (χ1) is 27.8. The van der Waals surface area contributed by atoms with E-state index in [1.165, 1.54) is 22.3 Å². The van der Waals surface area contributed by atoms with E-state index in [1.54, 1.807) is 48.5 Å². The predicted molar refractivity (Wildman–Crippen MR) is 234 cm³/mol. The summed E-state index contributed by atoms with van der Waals surface area (Å²) in [5, 5.41) is 3.03. The topological polar surface area (TPSA) is 68.3 Å². The average molecular weight is 761 g/mol. The van der Waals surface area contributed by atoms with Gasteiger partial charge in [-0.15, -0.1) is 0 Å². The Bertz CT molecular complexity index is 2650. The summed E-state index contributed by atoms with van der Waals surface area (Å²) in [6.45, 7) is 17.6. The fourth-order valence-electron chi connectivity index (χ4n) is 9.03. The molecule has 288 valence electrons. The van der Waals surface area contributed by atoms with Gasteiger partial charge < -0.3 is 0 Å². The van der Waals surface area contributed by atoms with Gasteiger partial charge >= 0.3 is 0 Å². The van der Waals surface area contributed by atoms with Crippen LogP contribution in [0.4, 0.5) is 0 Å². The van der Waals surface area contributed by atoms with Crippen molar-refractivity contribution in [3.05, 3.63) is 187 Å². The second-order valence-corrected chi connectivity index (χ2v) is 16.9. The van der Waals surface area contributed by atoms with E-state index in [0.29, 0.717) is 32.7 Å². The molecule has 6 aromatic carbocycles. The molecule has 0 aromatic heterocycles. The molecule has 0 saturated heterocycles. The van der Waals surface area contributed by atoms with Crippen LogP contribution in [0.25, 0.3) is 33.4 Å². The minimum atomic E-state index is -0.262. The number of carbonyl (C=O) groups is 4. The van der Waals surface area contributed by atoms with E-state index in [-0.39, 0.29) is 58.0 Å². The Hall–Kier alpha value is -6.26. The van der Waals surface area contributed by atoms with Gasteiger partial charge in [0.05, 0.1) is 11.1 Å². The highest BCUT2D eigenvalue weighted by Crippen LogP contribution is 2.40. The Morgan fingerprint density at radius 1 is 0.310 bits per heavy atom. The van der Waals surface area contributed by atoms with E-state index >= 15 is 0 Å². The number of rotatable bonds is 6. The Kier molecular flexibility index (Phi) is 9.93. The zero-order chi connectivity index (χ0) is 41.2. The van der Waals surface area contributed by atoms with Gasteiger partial charge in [0.15, 0.2) is 23.1 Å². The molecule has 0 spiro atoms. The molecule has 0 atom stereocenters. The minimum absolute atomic E-state index is 0.172. The van der Waals surface area contributed by atoms with Crippen molar-refractivity contribution in [1.82, 2.24) is 0 Å². The average Bonchev–Trinajstić information content (AvgIpc) is 3.63. The Morgan fingerprint density at radius 3 is 0.845 bits per heavy atom. The summed E-state index contributed by atoms with van der Waals surface area (Å²) in [5.74, 6) is -0.362. The first kappa shape index (κ1) is 38.6. The molecule has 0 radical (unpaired) electrons. The standard InChI is InChI=1S/C54H48O4/c1-29(2)35-19-13-20-36(30(3)4)49(35)45-27-33(47-51(55)41-15-9-10-16-42(41)52(47)56)23-25-39(45)40-26-24-34(48-53(57)43-17-11-12-18-44(43)54(48)58)28-46(40)50-37(31(5)6)21-14-22-38(50)32(7)8/h9-32H,1-8H3/b40-39+. The van der Waals surface area contributed by atoms with E-state index in [1.807, 2.05) is 24.3 Å². The highest BCUT2D eigenvalue weighted by Gasteiger charge is 2.35. The summed E-state index contributed by atoms with van der Waals surface area (Å²) in [6, 6.07) is 39.1. The maximum absolute atomic E-state index is 14.0. The van der Waals surface area contributed by atoms with Crippen molar-refractivity contribution < 1.29 is 19.2 Å². The normalized spacial score (nSPS) is 14.5. The SMILES string of the molecule is CC(C)c1cccc(C(C)C)c1-c1cc(=C2C(=O)c3ccccc3C2=O)cc/c1=c1/ccc(=C2C(=O)c3ccccc3C2=O)cc1-c1c(C(C)C)cccc1C(C)C. The first-order valence-electron chi connectivity index (χ1n) is 20.5. The maximum atomic E-state index is 14.0. The van der Waals surface area contributed by atoms with Crippen LogP contribution in [0.3, 0.4) is 0 Å². The molecule has 0 unspecified atom stereocenters. The number of ketones is 4. The number of hydrogen-bond acceptors (Lipinski definition) is 4. The van der Waals surface area contributed by atoms with Crippen LogP contribution in [0.5, 0.6) is 0 Å². The van der Waals surface area contributed by atoms with Crippen molar-refractivity contribution in [3.63, 3.8) is 0 Å². The van der Waals surface area contributed by atoms with Crippen molar-refractivity contribution >= 4 is 34.3 Å². The van der Waals surface area contributed by atoms with Crippen molar-refractivity contribution in [3.8, 4) is 22.3 Å². The highest BCUT2D eigenvalue weighted by atomic mass is 16.2. The smallest absolute Gasteiger partial charge is 0.198 e.